The van der Waals surface area contributed by atoms with Gasteiger partial charge >= 0.3 is 0 Å². The first-order chi connectivity index (χ1) is 13.1. The first-order valence-corrected chi connectivity index (χ1v) is 9.13. The topological polar surface area (TPSA) is 66.0 Å². The fraction of sp³-hybridized carbons (Fsp3) is 0.350. The summed E-state index contributed by atoms with van der Waals surface area (Å²) < 4.78 is 21.5. The first-order valence-electron chi connectivity index (χ1n) is 8.75. The molecule has 0 saturated carbocycles. The van der Waals surface area contributed by atoms with Gasteiger partial charge < -0.3 is 24.3 Å². The summed E-state index contributed by atoms with van der Waals surface area (Å²) in [6, 6.07) is 9.30. The van der Waals surface area contributed by atoms with Crippen LogP contribution in [0.25, 0.3) is 0 Å². The maximum absolute atomic E-state index is 12.2. The van der Waals surface area contributed by atoms with Crippen molar-refractivity contribution in [1.29, 1.82) is 0 Å². The molecule has 0 radical (unpaired) electrons. The molecule has 1 aliphatic heterocycles. The van der Waals surface area contributed by atoms with Crippen LogP contribution in [-0.4, -0.2) is 26.4 Å². The van der Waals surface area contributed by atoms with Gasteiger partial charge in [0.15, 0.2) is 23.0 Å². The van der Waals surface area contributed by atoms with Crippen LogP contribution in [-0.2, 0) is 17.8 Å². The molecule has 0 saturated heterocycles. The zero-order valence-electron chi connectivity index (χ0n) is 15.3. The third-order valence-electron chi connectivity index (χ3n) is 4.15. The van der Waals surface area contributed by atoms with Crippen LogP contribution in [0.5, 0.6) is 23.0 Å². The molecule has 7 heteroatoms. The minimum atomic E-state index is -0.0448. The number of hydrogen-bond donors (Lipinski definition) is 1. The highest BCUT2D eigenvalue weighted by Gasteiger charge is 2.14. The van der Waals surface area contributed by atoms with Crippen LogP contribution in [0, 0.1) is 0 Å². The Labute approximate surface area is 163 Å². The molecule has 3 rings (SSSR count). The molecule has 2 aromatic carbocycles. The van der Waals surface area contributed by atoms with Crippen LogP contribution >= 0.6 is 11.6 Å². The normalized spacial score (nSPS) is 12.0. The Bertz CT molecular complexity index is 824. The van der Waals surface area contributed by atoms with Gasteiger partial charge in [-0.3, -0.25) is 4.79 Å². The van der Waals surface area contributed by atoms with E-state index in [4.69, 9.17) is 30.5 Å². The van der Waals surface area contributed by atoms with E-state index in [2.05, 4.69) is 5.32 Å². The van der Waals surface area contributed by atoms with Gasteiger partial charge in [-0.15, -0.1) is 0 Å². The minimum absolute atomic E-state index is 0.0448. The van der Waals surface area contributed by atoms with Crippen LogP contribution in [0.4, 0.5) is 0 Å². The number of benzene rings is 2. The third-order valence-corrected chi connectivity index (χ3v) is 4.43. The van der Waals surface area contributed by atoms with E-state index in [1.807, 2.05) is 31.2 Å². The van der Waals surface area contributed by atoms with E-state index in [9.17, 15) is 4.79 Å². The standard InChI is InChI=1S/C20H22ClNO5/c1-3-25-20-15(21)8-14(10-18(20)24-2)11-22-19(23)7-5-13-4-6-16-17(9-13)27-12-26-16/h4,6,8-10H,3,5,7,11-12H2,1-2H3,(H,22,23). The molecular weight excluding hydrogens is 370 g/mol. The molecule has 1 N–H and O–H groups in total. The van der Waals surface area contributed by atoms with Crippen LogP contribution in [0.15, 0.2) is 30.3 Å². The van der Waals surface area contributed by atoms with Gasteiger partial charge in [0.05, 0.1) is 18.7 Å². The van der Waals surface area contributed by atoms with Crippen molar-refractivity contribution in [2.75, 3.05) is 20.5 Å². The number of halogens is 1. The molecule has 0 unspecified atom stereocenters. The number of amides is 1. The Morgan fingerprint density at radius 3 is 2.78 bits per heavy atom. The summed E-state index contributed by atoms with van der Waals surface area (Å²) in [6.45, 7) is 2.98. The number of rotatable bonds is 8. The highest BCUT2D eigenvalue weighted by Crippen LogP contribution is 2.36. The Morgan fingerprint density at radius 1 is 1.19 bits per heavy atom. The number of aryl methyl sites for hydroxylation is 1. The predicted molar refractivity (Wildman–Crippen MR) is 102 cm³/mol. The minimum Gasteiger partial charge on any atom is -0.493 e. The molecule has 0 aromatic heterocycles. The molecule has 0 fully saturated rings. The molecule has 1 amide bonds. The highest BCUT2D eigenvalue weighted by molar-refractivity contribution is 6.32. The quantitative estimate of drug-likeness (QED) is 0.742. The molecule has 0 atom stereocenters. The van der Waals surface area contributed by atoms with E-state index < -0.39 is 0 Å². The second-order valence-corrected chi connectivity index (χ2v) is 6.41. The van der Waals surface area contributed by atoms with Gasteiger partial charge in [-0.2, -0.15) is 0 Å². The van der Waals surface area contributed by atoms with Gasteiger partial charge in [-0.25, -0.2) is 0 Å². The van der Waals surface area contributed by atoms with E-state index in [1.54, 1.807) is 13.2 Å². The predicted octanol–water partition coefficient (Wildman–Crippen LogP) is 3.73. The van der Waals surface area contributed by atoms with Gasteiger partial charge in [-0.1, -0.05) is 17.7 Å². The molecular formula is C20H22ClNO5. The lowest BCUT2D eigenvalue weighted by Gasteiger charge is -2.13. The molecule has 6 nitrogen and oxygen atoms in total. The van der Waals surface area contributed by atoms with Crippen molar-refractivity contribution in [2.24, 2.45) is 0 Å². The van der Waals surface area contributed by atoms with Crippen molar-refractivity contribution >= 4 is 17.5 Å². The molecule has 0 bridgehead atoms. The summed E-state index contributed by atoms with van der Waals surface area (Å²) in [6.07, 6.45) is 0.997. The average Bonchev–Trinajstić information content (AvgIpc) is 3.14. The van der Waals surface area contributed by atoms with Crippen LogP contribution in [0.2, 0.25) is 5.02 Å². The zero-order chi connectivity index (χ0) is 19.2. The van der Waals surface area contributed by atoms with Crippen molar-refractivity contribution in [3.05, 3.63) is 46.5 Å². The smallest absolute Gasteiger partial charge is 0.231 e. The van der Waals surface area contributed by atoms with Crippen molar-refractivity contribution in [3.8, 4) is 23.0 Å². The van der Waals surface area contributed by atoms with E-state index in [0.717, 1.165) is 22.6 Å². The van der Waals surface area contributed by atoms with E-state index in [-0.39, 0.29) is 12.7 Å². The van der Waals surface area contributed by atoms with Gasteiger partial charge in [0.2, 0.25) is 12.7 Å². The summed E-state index contributed by atoms with van der Waals surface area (Å²) in [5.41, 5.74) is 1.87. The van der Waals surface area contributed by atoms with Gasteiger partial charge in [0.25, 0.3) is 0 Å². The molecule has 0 spiro atoms. The van der Waals surface area contributed by atoms with Crippen molar-refractivity contribution < 1.29 is 23.7 Å². The Balaban J connectivity index is 1.54. The lowest BCUT2D eigenvalue weighted by Crippen LogP contribution is -2.23. The SMILES string of the molecule is CCOc1c(Cl)cc(CNC(=O)CCc2ccc3c(c2)OCO3)cc1OC. The van der Waals surface area contributed by atoms with Crippen LogP contribution in [0.1, 0.15) is 24.5 Å². The number of hydrogen-bond acceptors (Lipinski definition) is 5. The monoisotopic (exact) mass is 391 g/mol. The second-order valence-electron chi connectivity index (χ2n) is 6.01. The fourth-order valence-electron chi connectivity index (χ4n) is 2.80. The van der Waals surface area contributed by atoms with Crippen LogP contribution < -0.4 is 24.3 Å². The zero-order valence-corrected chi connectivity index (χ0v) is 16.1. The number of fused-ring (bicyclic) bond motifs is 1. The van der Waals surface area contributed by atoms with Gasteiger partial charge in [-0.05, 0) is 48.7 Å². The Kier molecular flexibility index (Phi) is 6.29. The van der Waals surface area contributed by atoms with Crippen molar-refractivity contribution in [1.82, 2.24) is 5.32 Å². The largest absolute Gasteiger partial charge is 0.493 e. The highest BCUT2D eigenvalue weighted by atomic mass is 35.5. The Hall–Kier alpha value is -2.60. The summed E-state index contributed by atoms with van der Waals surface area (Å²) in [4.78, 5) is 12.2. The van der Waals surface area contributed by atoms with E-state index >= 15 is 0 Å². The number of carbonyl (C=O) groups excluding carboxylic acids is 1. The second kappa shape index (κ2) is 8.86. The lowest BCUT2D eigenvalue weighted by atomic mass is 10.1. The molecule has 144 valence electrons. The average molecular weight is 392 g/mol. The molecule has 0 aliphatic carbocycles. The number of carbonyl (C=O) groups is 1. The van der Waals surface area contributed by atoms with Crippen molar-refractivity contribution in [2.45, 2.75) is 26.3 Å². The van der Waals surface area contributed by atoms with Crippen molar-refractivity contribution in [3.63, 3.8) is 0 Å². The first kappa shape index (κ1) is 19.2. The van der Waals surface area contributed by atoms with E-state index in [1.165, 1.54) is 0 Å². The summed E-state index contributed by atoms with van der Waals surface area (Å²) in [7, 11) is 1.56. The summed E-state index contributed by atoms with van der Waals surface area (Å²) >= 11 is 6.26. The lowest BCUT2D eigenvalue weighted by molar-refractivity contribution is -0.121. The van der Waals surface area contributed by atoms with E-state index in [0.29, 0.717) is 42.5 Å². The van der Waals surface area contributed by atoms with Crippen LogP contribution in [0.3, 0.4) is 0 Å². The molecule has 1 aliphatic rings. The van der Waals surface area contributed by atoms with Gasteiger partial charge in [0, 0.05) is 13.0 Å². The third kappa shape index (κ3) is 4.77. The summed E-state index contributed by atoms with van der Waals surface area (Å²) in [5.74, 6) is 2.48. The number of methoxy groups -OCH3 is 1. The number of nitrogens with one attached hydrogen (secondary N) is 1. The molecule has 27 heavy (non-hydrogen) atoms. The molecule has 2 aromatic rings. The summed E-state index contributed by atoms with van der Waals surface area (Å²) in [5, 5.41) is 3.36. The molecule has 1 heterocycles. The van der Waals surface area contributed by atoms with Gasteiger partial charge in [0.1, 0.15) is 0 Å². The maximum Gasteiger partial charge on any atom is 0.231 e. The number of ether oxygens (including phenoxy) is 4. The fourth-order valence-corrected chi connectivity index (χ4v) is 3.09. The Morgan fingerprint density at radius 2 is 2.00 bits per heavy atom. The maximum atomic E-state index is 12.2.